The highest BCUT2D eigenvalue weighted by Gasteiger charge is 2.40. The number of hydrogen-bond acceptors (Lipinski definition) is 3. The molecule has 0 saturated carbocycles. The molecule has 0 saturated heterocycles. The summed E-state index contributed by atoms with van der Waals surface area (Å²) in [5, 5.41) is 4.91. The Morgan fingerprint density at radius 2 is 1.50 bits per heavy atom. The fourth-order valence-corrected chi connectivity index (χ4v) is 2.52. The molecule has 0 aliphatic rings. The molecule has 0 spiro atoms. The van der Waals surface area contributed by atoms with Gasteiger partial charge in [0, 0.05) is 5.56 Å². The fraction of sp³-hybridized carbons (Fsp3) is 0.188. The van der Waals surface area contributed by atoms with Crippen molar-refractivity contribution in [3.05, 3.63) is 47.8 Å². The summed E-state index contributed by atoms with van der Waals surface area (Å²) in [5.74, 6) is -2.61. The Bertz CT molecular complexity index is 1110. The summed E-state index contributed by atoms with van der Waals surface area (Å²) >= 11 is 0. The number of carbonyl (C=O) groups excluding carboxylic acids is 1. The number of rotatable bonds is 2. The van der Waals surface area contributed by atoms with Crippen LogP contribution >= 0.6 is 0 Å². The lowest BCUT2D eigenvalue weighted by Gasteiger charge is -2.17. The van der Waals surface area contributed by atoms with Gasteiger partial charge in [0.15, 0.2) is 5.65 Å². The zero-order valence-corrected chi connectivity index (χ0v) is 14.1. The van der Waals surface area contributed by atoms with E-state index >= 15 is 0 Å². The second-order valence-electron chi connectivity index (χ2n) is 5.87. The molecule has 1 amide bonds. The van der Waals surface area contributed by atoms with Gasteiger partial charge in [-0.3, -0.25) is 4.79 Å². The number of nitrogens with zero attached hydrogens (tertiary/aromatic N) is 3. The van der Waals surface area contributed by atoms with Crippen LogP contribution in [0.2, 0.25) is 0 Å². The van der Waals surface area contributed by atoms with Crippen LogP contribution < -0.4 is 5.32 Å². The molecule has 160 valence electrons. The average Bonchev–Trinajstić information content (AvgIpc) is 3.07. The second kappa shape index (κ2) is 6.88. The summed E-state index contributed by atoms with van der Waals surface area (Å²) in [4.78, 5) is 14.9. The summed E-state index contributed by atoms with van der Waals surface area (Å²) in [5.41, 5.74) is -5.18. The number of hydrogen-bond donors (Lipinski definition) is 1. The molecule has 1 N–H and O–H groups in total. The zero-order chi connectivity index (χ0) is 22.5. The number of carbonyl (C=O) groups is 1. The first-order chi connectivity index (χ1) is 13.7. The molecular weight excluding hydrogens is 435 g/mol. The molecule has 0 bridgehead atoms. The van der Waals surface area contributed by atoms with Gasteiger partial charge in [0.2, 0.25) is 0 Å². The Morgan fingerprint density at radius 3 is 2.07 bits per heavy atom. The second-order valence-corrected chi connectivity index (χ2v) is 5.87. The van der Waals surface area contributed by atoms with Gasteiger partial charge < -0.3 is 5.32 Å². The van der Waals surface area contributed by atoms with Gasteiger partial charge in [-0.1, -0.05) is 6.07 Å². The third-order valence-corrected chi connectivity index (χ3v) is 3.83. The van der Waals surface area contributed by atoms with E-state index in [1.807, 2.05) is 0 Å². The van der Waals surface area contributed by atoms with E-state index in [1.165, 1.54) is 5.32 Å². The third kappa shape index (κ3) is 4.16. The largest absolute Gasteiger partial charge is 0.471 e. The first-order valence-electron chi connectivity index (χ1n) is 7.68. The Balaban J connectivity index is 2.27. The Hall–Kier alpha value is -3.32. The number of amides is 1. The number of pyridine rings is 1. The minimum Gasteiger partial charge on any atom is -0.318 e. The summed E-state index contributed by atoms with van der Waals surface area (Å²) < 4.78 is 117. The van der Waals surface area contributed by atoms with Gasteiger partial charge in [0.05, 0.1) is 22.5 Å². The highest BCUT2D eigenvalue weighted by atomic mass is 19.4. The SMILES string of the molecule is O=C(Nc1cc(C(F)(F)F)ccc1-c1cc(C(F)(F)F)cc2ncnn12)C(F)(F)F. The van der Waals surface area contributed by atoms with E-state index in [1.54, 1.807) is 0 Å². The van der Waals surface area contributed by atoms with Gasteiger partial charge in [-0.2, -0.15) is 44.6 Å². The lowest BCUT2D eigenvalue weighted by molar-refractivity contribution is -0.167. The maximum absolute atomic E-state index is 13.2. The normalized spacial score (nSPS) is 13.0. The minimum atomic E-state index is -5.46. The van der Waals surface area contributed by atoms with Gasteiger partial charge in [0.25, 0.3) is 0 Å². The van der Waals surface area contributed by atoms with E-state index in [9.17, 15) is 44.3 Å². The molecule has 0 atom stereocenters. The van der Waals surface area contributed by atoms with Crippen LogP contribution in [0.5, 0.6) is 0 Å². The zero-order valence-electron chi connectivity index (χ0n) is 14.1. The molecule has 0 aliphatic carbocycles. The average molecular weight is 442 g/mol. The summed E-state index contributed by atoms with van der Waals surface area (Å²) in [6.07, 6.45) is -14.5. The predicted octanol–water partition coefficient (Wildman–Crippen LogP) is 4.93. The number of alkyl halides is 9. The van der Waals surface area contributed by atoms with Crippen LogP contribution in [0, 0.1) is 0 Å². The Labute approximate surface area is 160 Å². The van der Waals surface area contributed by atoms with Crippen LogP contribution in [0.4, 0.5) is 45.2 Å². The molecule has 14 heteroatoms. The number of aromatic nitrogens is 3. The van der Waals surface area contributed by atoms with Crippen LogP contribution in [-0.4, -0.2) is 26.7 Å². The van der Waals surface area contributed by atoms with E-state index in [0.29, 0.717) is 24.3 Å². The van der Waals surface area contributed by atoms with E-state index in [-0.39, 0.29) is 11.7 Å². The topological polar surface area (TPSA) is 59.3 Å². The number of benzene rings is 1. The molecule has 3 rings (SSSR count). The Kier molecular flexibility index (Phi) is 4.91. The molecule has 2 aromatic heterocycles. The van der Waals surface area contributed by atoms with Gasteiger partial charge >= 0.3 is 24.4 Å². The Morgan fingerprint density at radius 1 is 0.867 bits per heavy atom. The predicted molar refractivity (Wildman–Crippen MR) is 83.1 cm³/mol. The minimum absolute atomic E-state index is 0.183. The number of nitrogens with one attached hydrogen (secondary N) is 1. The highest BCUT2D eigenvalue weighted by Crippen LogP contribution is 2.39. The van der Waals surface area contributed by atoms with Crippen molar-refractivity contribution >= 4 is 17.2 Å². The first kappa shape index (κ1) is 21.4. The molecule has 0 aliphatic heterocycles. The molecule has 0 unspecified atom stereocenters. The van der Waals surface area contributed by atoms with Crippen LogP contribution in [0.3, 0.4) is 0 Å². The quantitative estimate of drug-likeness (QED) is 0.573. The molecule has 0 radical (unpaired) electrons. The maximum atomic E-state index is 13.2. The molecule has 1 aromatic carbocycles. The number of fused-ring (bicyclic) bond motifs is 1. The van der Waals surface area contributed by atoms with Crippen molar-refractivity contribution in [2.45, 2.75) is 18.5 Å². The smallest absolute Gasteiger partial charge is 0.318 e. The van der Waals surface area contributed by atoms with Crippen LogP contribution in [0.15, 0.2) is 36.7 Å². The van der Waals surface area contributed by atoms with Crippen LogP contribution in [0.1, 0.15) is 11.1 Å². The molecular formula is C16H7F9N4O. The lowest BCUT2D eigenvalue weighted by atomic mass is 10.0. The van der Waals surface area contributed by atoms with Crippen molar-refractivity contribution in [1.29, 1.82) is 0 Å². The van der Waals surface area contributed by atoms with Crippen LogP contribution in [0.25, 0.3) is 16.9 Å². The van der Waals surface area contributed by atoms with E-state index in [0.717, 1.165) is 10.8 Å². The van der Waals surface area contributed by atoms with Crippen molar-refractivity contribution < 1.29 is 44.3 Å². The van der Waals surface area contributed by atoms with Crippen molar-refractivity contribution in [3.63, 3.8) is 0 Å². The van der Waals surface area contributed by atoms with E-state index in [2.05, 4.69) is 10.1 Å². The standard InChI is InChI=1S/C16H7F9N4O/c17-14(18,19)7-1-2-9(10(3-7)28-13(30)16(23,24)25)11-4-8(15(20,21)22)5-12-26-6-27-29(11)12/h1-6H,(H,28,30). The van der Waals surface area contributed by atoms with Gasteiger partial charge in [-0.05, 0) is 24.3 Å². The van der Waals surface area contributed by atoms with Crippen molar-refractivity contribution in [2.75, 3.05) is 5.32 Å². The molecule has 2 heterocycles. The van der Waals surface area contributed by atoms with E-state index in [4.69, 9.17) is 0 Å². The van der Waals surface area contributed by atoms with Crippen molar-refractivity contribution in [1.82, 2.24) is 14.6 Å². The van der Waals surface area contributed by atoms with Crippen LogP contribution in [-0.2, 0) is 17.1 Å². The number of anilines is 1. The monoisotopic (exact) mass is 442 g/mol. The maximum Gasteiger partial charge on any atom is 0.471 e. The van der Waals surface area contributed by atoms with Crippen molar-refractivity contribution in [3.8, 4) is 11.3 Å². The van der Waals surface area contributed by atoms with Gasteiger partial charge in [-0.15, -0.1) is 0 Å². The molecule has 0 fully saturated rings. The third-order valence-electron chi connectivity index (χ3n) is 3.83. The van der Waals surface area contributed by atoms with Crippen molar-refractivity contribution in [2.24, 2.45) is 0 Å². The van der Waals surface area contributed by atoms with E-state index < -0.39 is 52.5 Å². The lowest BCUT2D eigenvalue weighted by Crippen LogP contribution is -2.30. The summed E-state index contributed by atoms with van der Waals surface area (Å²) in [6.45, 7) is 0. The first-order valence-corrected chi connectivity index (χ1v) is 7.68. The highest BCUT2D eigenvalue weighted by molar-refractivity contribution is 5.98. The molecule has 3 aromatic rings. The summed E-state index contributed by atoms with van der Waals surface area (Å²) in [6, 6.07) is 2.32. The molecule has 30 heavy (non-hydrogen) atoms. The molecule has 5 nitrogen and oxygen atoms in total. The van der Waals surface area contributed by atoms with Gasteiger partial charge in [-0.25, -0.2) is 9.50 Å². The van der Waals surface area contributed by atoms with Gasteiger partial charge in [0.1, 0.15) is 6.33 Å². The number of halogens is 9. The summed E-state index contributed by atoms with van der Waals surface area (Å²) in [7, 11) is 0. The fourth-order valence-electron chi connectivity index (χ4n) is 2.52.